The highest BCUT2D eigenvalue weighted by molar-refractivity contribution is 5.97. The molecule has 1 saturated heterocycles. The van der Waals surface area contributed by atoms with Gasteiger partial charge in [-0.2, -0.15) is 0 Å². The van der Waals surface area contributed by atoms with Crippen LogP contribution in [0.2, 0.25) is 0 Å². The topological polar surface area (TPSA) is 96.3 Å². The molecule has 140 valence electrons. The SMILES string of the molecule is Cn1c(CCC2CCNCC2)nc2ccc(C(=O)NCCC(=O)O)cc21. The molecule has 1 aromatic carbocycles. The van der Waals surface area contributed by atoms with Crippen LogP contribution in [0.15, 0.2) is 18.2 Å². The molecule has 2 heterocycles. The first-order valence-electron chi connectivity index (χ1n) is 9.20. The number of benzene rings is 1. The van der Waals surface area contributed by atoms with Crippen LogP contribution < -0.4 is 10.6 Å². The number of aromatic nitrogens is 2. The molecule has 0 radical (unpaired) electrons. The summed E-state index contributed by atoms with van der Waals surface area (Å²) in [5.74, 6) is 0.616. The summed E-state index contributed by atoms with van der Waals surface area (Å²) in [7, 11) is 1.99. The Morgan fingerprint density at radius 2 is 2.12 bits per heavy atom. The van der Waals surface area contributed by atoms with Crippen LogP contribution in [0, 0.1) is 5.92 Å². The molecule has 0 bridgehead atoms. The Kier molecular flexibility index (Phi) is 5.88. The molecule has 0 spiro atoms. The summed E-state index contributed by atoms with van der Waals surface area (Å²) < 4.78 is 2.06. The predicted octanol–water partition coefficient (Wildman–Crippen LogP) is 1.71. The van der Waals surface area contributed by atoms with Crippen LogP contribution in [-0.4, -0.2) is 46.2 Å². The average molecular weight is 358 g/mol. The zero-order valence-corrected chi connectivity index (χ0v) is 15.1. The number of hydrogen-bond donors (Lipinski definition) is 3. The molecule has 1 aliphatic heterocycles. The molecule has 0 saturated carbocycles. The van der Waals surface area contributed by atoms with Gasteiger partial charge in [0, 0.05) is 25.6 Å². The molecule has 0 aliphatic carbocycles. The maximum Gasteiger partial charge on any atom is 0.305 e. The second kappa shape index (κ2) is 8.31. The number of amides is 1. The third kappa shape index (κ3) is 4.40. The van der Waals surface area contributed by atoms with Crippen molar-refractivity contribution in [1.82, 2.24) is 20.2 Å². The third-order valence-corrected chi connectivity index (χ3v) is 5.09. The van der Waals surface area contributed by atoms with Gasteiger partial charge in [-0.25, -0.2) is 4.98 Å². The molecule has 3 rings (SSSR count). The van der Waals surface area contributed by atoms with E-state index in [1.165, 1.54) is 12.8 Å². The zero-order valence-electron chi connectivity index (χ0n) is 15.1. The van der Waals surface area contributed by atoms with Crippen LogP contribution >= 0.6 is 0 Å². The van der Waals surface area contributed by atoms with Crippen molar-refractivity contribution in [1.29, 1.82) is 0 Å². The quantitative estimate of drug-likeness (QED) is 0.700. The van der Waals surface area contributed by atoms with Crippen LogP contribution in [0.1, 0.15) is 41.9 Å². The molecule has 0 unspecified atom stereocenters. The van der Waals surface area contributed by atoms with Crippen LogP contribution in [-0.2, 0) is 18.3 Å². The Morgan fingerprint density at radius 3 is 2.85 bits per heavy atom. The van der Waals surface area contributed by atoms with E-state index in [2.05, 4.69) is 15.2 Å². The predicted molar refractivity (Wildman–Crippen MR) is 99.2 cm³/mol. The molecule has 26 heavy (non-hydrogen) atoms. The summed E-state index contributed by atoms with van der Waals surface area (Å²) in [5, 5.41) is 14.7. The van der Waals surface area contributed by atoms with Crippen molar-refractivity contribution >= 4 is 22.9 Å². The summed E-state index contributed by atoms with van der Waals surface area (Å²) in [5.41, 5.74) is 2.34. The van der Waals surface area contributed by atoms with Crippen molar-refractivity contribution in [3.05, 3.63) is 29.6 Å². The molecular formula is C19H26N4O3. The molecule has 1 fully saturated rings. The van der Waals surface area contributed by atoms with Crippen LogP contribution in [0.25, 0.3) is 11.0 Å². The largest absolute Gasteiger partial charge is 0.481 e. The van der Waals surface area contributed by atoms with Crippen LogP contribution in [0.3, 0.4) is 0 Å². The number of hydrogen-bond acceptors (Lipinski definition) is 4. The first kappa shape index (κ1) is 18.4. The number of aliphatic carboxylic acids is 1. The molecular weight excluding hydrogens is 332 g/mol. The monoisotopic (exact) mass is 358 g/mol. The van der Waals surface area contributed by atoms with Gasteiger partial charge >= 0.3 is 5.97 Å². The first-order valence-corrected chi connectivity index (χ1v) is 9.20. The molecule has 3 N–H and O–H groups in total. The van der Waals surface area contributed by atoms with E-state index in [-0.39, 0.29) is 18.9 Å². The summed E-state index contributed by atoms with van der Waals surface area (Å²) in [6, 6.07) is 5.42. The molecule has 1 aliphatic rings. The minimum absolute atomic E-state index is 0.0828. The lowest BCUT2D eigenvalue weighted by molar-refractivity contribution is -0.136. The van der Waals surface area contributed by atoms with Gasteiger partial charge in [0.2, 0.25) is 0 Å². The number of nitrogens with one attached hydrogen (secondary N) is 2. The Bertz CT molecular complexity index is 793. The van der Waals surface area contributed by atoms with Gasteiger partial charge in [-0.05, 0) is 56.5 Å². The maximum atomic E-state index is 12.2. The molecule has 1 amide bonds. The Hall–Kier alpha value is -2.41. The van der Waals surface area contributed by atoms with Crippen molar-refractivity contribution < 1.29 is 14.7 Å². The highest BCUT2D eigenvalue weighted by Crippen LogP contribution is 2.22. The lowest BCUT2D eigenvalue weighted by Gasteiger charge is -2.22. The molecule has 7 nitrogen and oxygen atoms in total. The van der Waals surface area contributed by atoms with Crippen molar-refractivity contribution in [3.63, 3.8) is 0 Å². The lowest BCUT2D eigenvalue weighted by Crippen LogP contribution is -2.28. The summed E-state index contributed by atoms with van der Waals surface area (Å²) in [4.78, 5) is 27.4. The molecule has 1 aromatic heterocycles. The molecule has 0 atom stereocenters. The van der Waals surface area contributed by atoms with Crippen molar-refractivity contribution in [2.24, 2.45) is 13.0 Å². The Balaban J connectivity index is 1.68. The number of aryl methyl sites for hydroxylation is 2. The van der Waals surface area contributed by atoms with Crippen molar-refractivity contribution in [2.45, 2.75) is 32.1 Å². The van der Waals surface area contributed by atoms with E-state index in [0.29, 0.717) is 5.56 Å². The third-order valence-electron chi connectivity index (χ3n) is 5.09. The zero-order chi connectivity index (χ0) is 18.5. The van der Waals surface area contributed by atoms with Gasteiger partial charge < -0.3 is 20.3 Å². The minimum Gasteiger partial charge on any atom is -0.481 e. The number of imidazole rings is 1. The second-order valence-corrected chi connectivity index (χ2v) is 6.92. The standard InChI is InChI=1S/C19H26N4O3/c1-23-16-12-14(19(26)21-11-8-18(24)25)3-4-15(16)22-17(23)5-2-13-6-9-20-10-7-13/h3-4,12-13,20H,2,5-11H2,1H3,(H,21,26)(H,24,25). The Labute approximate surface area is 152 Å². The van der Waals surface area contributed by atoms with Gasteiger partial charge in [-0.1, -0.05) is 0 Å². The number of nitrogens with zero attached hydrogens (tertiary/aromatic N) is 2. The second-order valence-electron chi connectivity index (χ2n) is 6.92. The number of carboxylic acid groups (broad SMARTS) is 1. The van der Waals surface area contributed by atoms with E-state index in [4.69, 9.17) is 10.1 Å². The van der Waals surface area contributed by atoms with Crippen LogP contribution in [0.4, 0.5) is 0 Å². The first-order chi connectivity index (χ1) is 12.5. The fourth-order valence-electron chi connectivity index (χ4n) is 3.49. The number of rotatable bonds is 7. The van der Waals surface area contributed by atoms with Gasteiger partial charge in [-0.3, -0.25) is 9.59 Å². The van der Waals surface area contributed by atoms with Gasteiger partial charge in [0.25, 0.3) is 5.91 Å². The molecule has 7 heteroatoms. The maximum absolute atomic E-state index is 12.2. The highest BCUT2D eigenvalue weighted by Gasteiger charge is 2.16. The fraction of sp³-hybridized carbons (Fsp3) is 0.526. The van der Waals surface area contributed by atoms with E-state index in [0.717, 1.165) is 48.7 Å². The summed E-state index contributed by atoms with van der Waals surface area (Å²) in [6.07, 6.45) is 4.45. The van der Waals surface area contributed by atoms with Crippen molar-refractivity contribution in [2.75, 3.05) is 19.6 Å². The highest BCUT2D eigenvalue weighted by atomic mass is 16.4. The van der Waals surface area contributed by atoms with E-state index in [9.17, 15) is 9.59 Å². The molecule has 2 aromatic rings. The van der Waals surface area contributed by atoms with Crippen LogP contribution in [0.5, 0.6) is 0 Å². The van der Waals surface area contributed by atoms with E-state index in [1.807, 2.05) is 19.2 Å². The number of carbonyl (C=O) groups is 2. The van der Waals surface area contributed by atoms with Gasteiger partial charge in [0.05, 0.1) is 17.5 Å². The van der Waals surface area contributed by atoms with Crippen molar-refractivity contribution in [3.8, 4) is 0 Å². The number of fused-ring (bicyclic) bond motifs is 1. The van der Waals surface area contributed by atoms with E-state index in [1.54, 1.807) is 6.07 Å². The normalized spacial score (nSPS) is 15.3. The number of carbonyl (C=O) groups excluding carboxylic acids is 1. The van der Waals surface area contributed by atoms with Gasteiger partial charge in [0.1, 0.15) is 5.82 Å². The number of piperidine rings is 1. The van der Waals surface area contributed by atoms with Gasteiger partial charge in [0.15, 0.2) is 0 Å². The fourth-order valence-corrected chi connectivity index (χ4v) is 3.49. The summed E-state index contributed by atoms with van der Waals surface area (Å²) >= 11 is 0. The summed E-state index contributed by atoms with van der Waals surface area (Å²) in [6.45, 7) is 2.33. The number of carboxylic acids is 1. The van der Waals surface area contributed by atoms with E-state index >= 15 is 0 Å². The smallest absolute Gasteiger partial charge is 0.305 e. The average Bonchev–Trinajstić information content (AvgIpc) is 2.96. The van der Waals surface area contributed by atoms with Gasteiger partial charge in [-0.15, -0.1) is 0 Å². The minimum atomic E-state index is -0.925. The van der Waals surface area contributed by atoms with E-state index < -0.39 is 5.97 Å². The Morgan fingerprint density at radius 1 is 1.35 bits per heavy atom. The lowest BCUT2D eigenvalue weighted by atomic mass is 9.93.